The molecule has 1 aromatic heterocycles. The summed E-state index contributed by atoms with van der Waals surface area (Å²) in [4.78, 5) is 34.2. The number of anilines is 2. The van der Waals surface area contributed by atoms with Gasteiger partial charge in [-0.05, 0) is 33.8 Å². The van der Waals surface area contributed by atoms with Gasteiger partial charge in [0.1, 0.15) is 11.6 Å². The first kappa shape index (κ1) is 20.7. The number of aromatic nitrogens is 2. The van der Waals surface area contributed by atoms with Crippen LogP contribution in [-0.2, 0) is 14.3 Å². The number of nitrogens with zero attached hydrogens (tertiary/aromatic N) is 4. The number of fused-ring (bicyclic) bond motifs is 1. The lowest BCUT2D eigenvalue weighted by molar-refractivity contribution is -0.384. The number of rotatable bonds is 5. The summed E-state index contributed by atoms with van der Waals surface area (Å²) >= 11 is 0. The molecule has 0 aliphatic carbocycles. The molecular weight excluding hydrogens is 378 g/mol. The van der Waals surface area contributed by atoms with Gasteiger partial charge in [-0.3, -0.25) is 10.1 Å². The predicted molar refractivity (Wildman–Crippen MR) is 108 cm³/mol. The number of hydrogen-bond donors (Lipinski definition) is 1. The Balaban J connectivity index is 1.98. The molecule has 0 spiro atoms. The Morgan fingerprint density at radius 2 is 1.97 bits per heavy atom. The van der Waals surface area contributed by atoms with Crippen molar-refractivity contribution in [3.8, 4) is 0 Å². The van der Waals surface area contributed by atoms with Crippen LogP contribution in [0, 0.1) is 10.1 Å². The molecule has 10 nitrogen and oxygen atoms in total. The molecule has 29 heavy (non-hydrogen) atoms. The van der Waals surface area contributed by atoms with E-state index in [2.05, 4.69) is 15.3 Å². The Labute approximate surface area is 168 Å². The van der Waals surface area contributed by atoms with Crippen molar-refractivity contribution < 1.29 is 19.2 Å². The predicted octanol–water partition coefficient (Wildman–Crippen LogP) is 2.52. The summed E-state index contributed by atoms with van der Waals surface area (Å²) in [6.07, 6.45) is 0. The van der Waals surface area contributed by atoms with Gasteiger partial charge in [0.05, 0.1) is 29.2 Å². The van der Waals surface area contributed by atoms with Gasteiger partial charge in [0.25, 0.3) is 5.69 Å². The second-order valence-electron chi connectivity index (χ2n) is 7.82. The smallest absolute Gasteiger partial charge is 0.328 e. The van der Waals surface area contributed by atoms with Crippen molar-refractivity contribution >= 4 is 34.3 Å². The lowest BCUT2D eigenvalue weighted by atomic mass is 10.2. The summed E-state index contributed by atoms with van der Waals surface area (Å²) in [7, 11) is 0. The zero-order valence-corrected chi connectivity index (χ0v) is 17.0. The van der Waals surface area contributed by atoms with Crippen molar-refractivity contribution in [2.75, 3.05) is 36.5 Å². The van der Waals surface area contributed by atoms with E-state index in [9.17, 15) is 14.9 Å². The van der Waals surface area contributed by atoms with Crippen LogP contribution in [0.5, 0.6) is 0 Å². The molecule has 1 N–H and O–H groups in total. The van der Waals surface area contributed by atoms with Crippen molar-refractivity contribution in [3.63, 3.8) is 0 Å². The van der Waals surface area contributed by atoms with Crippen LogP contribution in [0.15, 0.2) is 18.2 Å². The number of hydrogen-bond acceptors (Lipinski definition) is 9. The molecule has 1 aliphatic rings. The third-order valence-electron chi connectivity index (χ3n) is 4.26. The highest BCUT2D eigenvalue weighted by molar-refractivity contribution is 5.85. The second kappa shape index (κ2) is 8.16. The van der Waals surface area contributed by atoms with E-state index < -0.39 is 22.5 Å². The third kappa shape index (κ3) is 5.08. The number of nitrogens with one attached hydrogen (secondary N) is 1. The van der Waals surface area contributed by atoms with E-state index in [1.807, 2.05) is 4.90 Å². The molecule has 1 aliphatic heterocycles. The molecule has 1 atom stereocenters. The van der Waals surface area contributed by atoms with Crippen molar-refractivity contribution in [3.05, 3.63) is 28.3 Å². The minimum Gasteiger partial charge on any atom is -0.458 e. The van der Waals surface area contributed by atoms with E-state index in [-0.39, 0.29) is 5.69 Å². The molecule has 1 fully saturated rings. The number of morpholine rings is 1. The van der Waals surface area contributed by atoms with E-state index in [1.54, 1.807) is 33.8 Å². The molecule has 0 bridgehead atoms. The highest BCUT2D eigenvalue weighted by atomic mass is 16.6. The van der Waals surface area contributed by atoms with Gasteiger partial charge < -0.3 is 19.7 Å². The topological polar surface area (TPSA) is 120 Å². The monoisotopic (exact) mass is 403 g/mol. The Bertz CT molecular complexity index is 921. The molecule has 0 radical (unpaired) electrons. The first-order valence-electron chi connectivity index (χ1n) is 9.42. The number of esters is 1. The molecule has 2 aromatic rings. The molecule has 2 heterocycles. The molecule has 156 valence electrons. The van der Waals surface area contributed by atoms with Crippen molar-refractivity contribution in [1.29, 1.82) is 0 Å². The highest BCUT2D eigenvalue weighted by Gasteiger charge is 2.25. The number of carbonyl (C=O) groups excluding carboxylic acids is 1. The molecule has 0 unspecified atom stereocenters. The second-order valence-corrected chi connectivity index (χ2v) is 7.82. The summed E-state index contributed by atoms with van der Waals surface area (Å²) in [5.41, 5.74) is 0.249. The lowest BCUT2D eigenvalue weighted by Gasteiger charge is -2.30. The number of non-ortho nitro benzene ring substituents is 1. The first-order valence-corrected chi connectivity index (χ1v) is 9.42. The number of nitro groups is 1. The standard InChI is InChI=1S/C19H25N5O5/c1-12(18(25)29-19(2,3)4)20-16-17(23-7-9-28-10-8-23)22-15-11-13(24(26)27)5-6-14(15)21-16/h5-6,11-12H,7-10H2,1-4H3,(H,20,21)/t12-/m1/s1. The van der Waals surface area contributed by atoms with Gasteiger partial charge in [-0.1, -0.05) is 0 Å². The Hall–Kier alpha value is -3.01. The average Bonchev–Trinajstić information content (AvgIpc) is 2.66. The van der Waals surface area contributed by atoms with Crippen LogP contribution in [0.3, 0.4) is 0 Å². The molecule has 10 heteroatoms. The van der Waals surface area contributed by atoms with Gasteiger partial charge in [-0.2, -0.15) is 0 Å². The highest BCUT2D eigenvalue weighted by Crippen LogP contribution is 2.28. The zero-order chi connectivity index (χ0) is 21.2. The molecule has 1 aromatic carbocycles. The fourth-order valence-corrected chi connectivity index (χ4v) is 2.89. The fraction of sp³-hybridized carbons (Fsp3) is 0.526. The van der Waals surface area contributed by atoms with Crippen LogP contribution in [0.4, 0.5) is 17.3 Å². The summed E-state index contributed by atoms with van der Waals surface area (Å²) in [6.45, 7) is 9.39. The molecule has 3 rings (SSSR count). The van der Waals surface area contributed by atoms with Crippen molar-refractivity contribution in [1.82, 2.24) is 9.97 Å². The van der Waals surface area contributed by atoms with E-state index in [0.29, 0.717) is 49.0 Å². The number of benzene rings is 1. The quantitative estimate of drug-likeness (QED) is 0.456. The summed E-state index contributed by atoms with van der Waals surface area (Å²) in [5.74, 6) is 0.541. The van der Waals surface area contributed by atoms with Gasteiger partial charge >= 0.3 is 5.97 Å². The maximum absolute atomic E-state index is 12.4. The third-order valence-corrected chi connectivity index (χ3v) is 4.26. The van der Waals surface area contributed by atoms with Crippen LogP contribution in [0.1, 0.15) is 27.7 Å². The maximum Gasteiger partial charge on any atom is 0.328 e. The van der Waals surface area contributed by atoms with Gasteiger partial charge in [0.2, 0.25) is 0 Å². The largest absolute Gasteiger partial charge is 0.458 e. The van der Waals surface area contributed by atoms with Crippen molar-refractivity contribution in [2.45, 2.75) is 39.3 Å². The Morgan fingerprint density at radius 3 is 2.59 bits per heavy atom. The molecular formula is C19H25N5O5. The van der Waals surface area contributed by atoms with Crippen LogP contribution >= 0.6 is 0 Å². The normalized spacial score (nSPS) is 15.8. The van der Waals surface area contributed by atoms with Crippen LogP contribution in [0.25, 0.3) is 11.0 Å². The Morgan fingerprint density at radius 1 is 1.28 bits per heavy atom. The molecule has 0 amide bonds. The molecule has 1 saturated heterocycles. The first-order chi connectivity index (χ1) is 13.6. The van der Waals surface area contributed by atoms with Gasteiger partial charge in [-0.15, -0.1) is 0 Å². The number of carbonyl (C=O) groups is 1. The lowest BCUT2D eigenvalue weighted by Crippen LogP contribution is -2.39. The van der Waals surface area contributed by atoms with Gasteiger partial charge in [0.15, 0.2) is 11.6 Å². The summed E-state index contributed by atoms with van der Waals surface area (Å²) < 4.78 is 10.8. The number of ether oxygens (including phenoxy) is 2. The number of nitro benzene ring substituents is 1. The van der Waals surface area contributed by atoms with Gasteiger partial charge in [0, 0.05) is 25.2 Å². The van der Waals surface area contributed by atoms with Crippen molar-refractivity contribution in [2.24, 2.45) is 0 Å². The van der Waals surface area contributed by atoms with Crippen LogP contribution < -0.4 is 10.2 Å². The minimum atomic E-state index is -0.654. The summed E-state index contributed by atoms with van der Waals surface area (Å²) in [5, 5.41) is 14.2. The van der Waals surface area contributed by atoms with E-state index >= 15 is 0 Å². The maximum atomic E-state index is 12.4. The van der Waals surface area contributed by atoms with E-state index in [0.717, 1.165) is 0 Å². The fourth-order valence-electron chi connectivity index (χ4n) is 2.89. The minimum absolute atomic E-state index is 0.0532. The zero-order valence-electron chi connectivity index (χ0n) is 17.0. The van der Waals surface area contributed by atoms with E-state index in [4.69, 9.17) is 9.47 Å². The average molecular weight is 403 g/mol. The van der Waals surface area contributed by atoms with Crippen LogP contribution in [-0.4, -0.2) is 58.8 Å². The summed E-state index contributed by atoms with van der Waals surface area (Å²) in [6, 6.07) is 3.67. The van der Waals surface area contributed by atoms with E-state index in [1.165, 1.54) is 12.1 Å². The Kier molecular flexibility index (Phi) is 5.83. The SMILES string of the molecule is C[C@@H](Nc1nc2ccc([N+](=O)[O-])cc2nc1N1CCOCC1)C(=O)OC(C)(C)C. The molecule has 0 saturated carbocycles. The van der Waals surface area contributed by atoms with Crippen LogP contribution in [0.2, 0.25) is 0 Å². The van der Waals surface area contributed by atoms with Gasteiger partial charge in [-0.25, -0.2) is 14.8 Å².